The average molecular weight is 361 g/mol. The second kappa shape index (κ2) is 9.15. The maximum Gasteiger partial charge on any atom is 0.272 e. The Morgan fingerprint density at radius 3 is 2.70 bits per heavy atom. The lowest BCUT2D eigenvalue weighted by atomic mass is 10.2. The average Bonchev–Trinajstić information content (AvgIpc) is 2.73. The van der Waals surface area contributed by atoms with Gasteiger partial charge in [-0.3, -0.25) is 9.78 Å². The van der Waals surface area contributed by atoms with Gasteiger partial charge in [-0.05, 0) is 29.8 Å². The highest BCUT2D eigenvalue weighted by Crippen LogP contribution is 2.30. The van der Waals surface area contributed by atoms with E-state index in [0.717, 1.165) is 5.56 Å². The van der Waals surface area contributed by atoms with Gasteiger partial charge in [-0.1, -0.05) is 36.4 Å². The first kappa shape index (κ1) is 18.1. The van der Waals surface area contributed by atoms with Gasteiger partial charge >= 0.3 is 0 Å². The number of para-hydroxylation sites is 1. The van der Waals surface area contributed by atoms with Crippen molar-refractivity contribution < 1.29 is 14.3 Å². The highest BCUT2D eigenvalue weighted by Gasteiger charge is 2.10. The van der Waals surface area contributed by atoms with Gasteiger partial charge in [0.2, 0.25) is 0 Å². The number of methoxy groups -OCH3 is 1. The summed E-state index contributed by atoms with van der Waals surface area (Å²) in [7, 11) is 1.58. The van der Waals surface area contributed by atoms with Crippen molar-refractivity contribution in [1.82, 2.24) is 10.4 Å². The van der Waals surface area contributed by atoms with Gasteiger partial charge in [0.05, 0.1) is 18.9 Å². The molecule has 1 N–H and O–H groups in total. The van der Waals surface area contributed by atoms with E-state index < -0.39 is 0 Å². The van der Waals surface area contributed by atoms with Crippen LogP contribution in [0, 0.1) is 0 Å². The fourth-order valence-corrected chi connectivity index (χ4v) is 2.40. The lowest BCUT2D eigenvalue weighted by Crippen LogP contribution is -2.17. The number of hydrogen-bond donors (Lipinski definition) is 1. The molecule has 0 unspecified atom stereocenters. The van der Waals surface area contributed by atoms with Crippen LogP contribution in [-0.4, -0.2) is 24.2 Å². The maximum absolute atomic E-state index is 12.0. The molecule has 0 aliphatic rings. The summed E-state index contributed by atoms with van der Waals surface area (Å²) in [4.78, 5) is 15.9. The standard InChI is InChI=1S/C21H19N3O3/c1-26-19-11-5-9-17(20(19)27-15-16-7-3-2-4-8-16)14-23-24-21(25)18-10-6-12-22-13-18/h2-14H,15H2,1H3,(H,24,25)/b23-14-. The number of nitrogens with zero attached hydrogens (tertiary/aromatic N) is 2. The van der Waals surface area contributed by atoms with Gasteiger partial charge in [0, 0.05) is 18.0 Å². The number of carbonyl (C=O) groups excluding carboxylic acids is 1. The fourth-order valence-electron chi connectivity index (χ4n) is 2.40. The Kier molecular flexibility index (Phi) is 6.14. The summed E-state index contributed by atoms with van der Waals surface area (Å²) in [5.74, 6) is 0.811. The van der Waals surface area contributed by atoms with Crippen LogP contribution in [0.3, 0.4) is 0 Å². The third kappa shape index (κ3) is 4.92. The van der Waals surface area contributed by atoms with Gasteiger partial charge in [-0.15, -0.1) is 0 Å². The van der Waals surface area contributed by atoms with E-state index in [1.54, 1.807) is 25.4 Å². The first-order valence-corrected chi connectivity index (χ1v) is 8.35. The second-order valence-electron chi connectivity index (χ2n) is 5.59. The minimum Gasteiger partial charge on any atom is -0.493 e. The van der Waals surface area contributed by atoms with E-state index in [4.69, 9.17) is 9.47 Å². The Morgan fingerprint density at radius 2 is 1.96 bits per heavy atom. The van der Waals surface area contributed by atoms with Crippen LogP contribution in [-0.2, 0) is 6.61 Å². The Hall–Kier alpha value is -3.67. The van der Waals surface area contributed by atoms with Crippen LogP contribution >= 0.6 is 0 Å². The minimum atomic E-state index is -0.339. The molecular weight excluding hydrogens is 342 g/mol. The number of ether oxygens (including phenoxy) is 2. The third-order valence-electron chi connectivity index (χ3n) is 3.75. The summed E-state index contributed by atoms with van der Waals surface area (Å²) in [6.07, 6.45) is 4.61. The number of pyridine rings is 1. The Balaban J connectivity index is 1.73. The molecule has 6 heteroatoms. The van der Waals surface area contributed by atoms with Gasteiger partial charge in [-0.25, -0.2) is 5.43 Å². The molecule has 0 spiro atoms. The molecule has 3 rings (SSSR count). The van der Waals surface area contributed by atoms with Crippen LogP contribution in [0.2, 0.25) is 0 Å². The van der Waals surface area contributed by atoms with Crippen LogP contribution < -0.4 is 14.9 Å². The maximum atomic E-state index is 12.0. The molecule has 0 bridgehead atoms. The molecule has 0 saturated heterocycles. The molecule has 0 saturated carbocycles. The quantitative estimate of drug-likeness (QED) is 0.517. The molecule has 0 fully saturated rings. The summed E-state index contributed by atoms with van der Waals surface area (Å²) in [5, 5.41) is 4.02. The van der Waals surface area contributed by atoms with Gasteiger partial charge < -0.3 is 9.47 Å². The summed E-state index contributed by atoms with van der Waals surface area (Å²) >= 11 is 0. The zero-order chi connectivity index (χ0) is 18.9. The van der Waals surface area contributed by atoms with Gasteiger partial charge in [0.15, 0.2) is 11.5 Å². The summed E-state index contributed by atoms with van der Waals surface area (Å²) in [6, 6.07) is 18.7. The molecule has 0 aliphatic heterocycles. The van der Waals surface area contributed by atoms with E-state index >= 15 is 0 Å². The molecular formula is C21H19N3O3. The van der Waals surface area contributed by atoms with Crippen LogP contribution in [0.4, 0.5) is 0 Å². The number of benzene rings is 2. The molecule has 1 aromatic heterocycles. The summed E-state index contributed by atoms with van der Waals surface area (Å²) in [6.45, 7) is 0.393. The van der Waals surface area contributed by atoms with Crippen LogP contribution in [0.25, 0.3) is 0 Å². The largest absolute Gasteiger partial charge is 0.493 e. The van der Waals surface area contributed by atoms with E-state index in [2.05, 4.69) is 15.5 Å². The highest BCUT2D eigenvalue weighted by molar-refractivity contribution is 5.94. The second-order valence-corrected chi connectivity index (χ2v) is 5.59. The van der Waals surface area contributed by atoms with E-state index in [-0.39, 0.29) is 5.91 Å². The van der Waals surface area contributed by atoms with Crippen molar-refractivity contribution in [3.8, 4) is 11.5 Å². The number of aromatic nitrogens is 1. The molecule has 0 atom stereocenters. The van der Waals surface area contributed by atoms with Crippen molar-refractivity contribution in [2.45, 2.75) is 6.61 Å². The monoisotopic (exact) mass is 361 g/mol. The van der Waals surface area contributed by atoms with Crippen LogP contribution in [0.5, 0.6) is 11.5 Å². The van der Waals surface area contributed by atoms with Crippen molar-refractivity contribution in [3.63, 3.8) is 0 Å². The zero-order valence-corrected chi connectivity index (χ0v) is 14.8. The fraction of sp³-hybridized carbons (Fsp3) is 0.0952. The molecule has 0 aliphatic carbocycles. The molecule has 6 nitrogen and oxygen atoms in total. The van der Waals surface area contributed by atoms with Crippen molar-refractivity contribution in [2.75, 3.05) is 7.11 Å². The summed E-state index contributed by atoms with van der Waals surface area (Å²) in [5.41, 5.74) is 4.64. The number of carbonyl (C=O) groups is 1. The van der Waals surface area contributed by atoms with Crippen molar-refractivity contribution in [2.24, 2.45) is 5.10 Å². The lowest BCUT2D eigenvalue weighted by Gasteiger charge is -2.13. The Labute approximate surface area is 157 Å². The zero-order valence-electron chi connectivity index (χ0n) is 14.8. The van der Waals surface area contributed by atoms with Crippen LogP contribution in [0.15, 0.2) is 78.2 Å². The SMILES string of the molecule is COc1cccc(/C=N\NC(=O)c2cccnc2)c1OCc1ccccc1. The predicted molar refractivity (Wildman–Crippen MR) is 103 cm³/mol. The van der Waals surface area contributed by atoms with Gasteiger partial charge in [0.1, 0.15) is 6.61 Å². The Bertz CT molecular complexity index is 912. The normalized spacial score (nSPS) is 10.6. The number of nitrogens with one attached hydrogen (secondary N) is 1. The van der Waals surface area contributed by atoms with E-state index in [0.29, 0.717) is 29.2 Å². The number of hydrazone groups is 1. The molecule has 3 aromatic rings. The smallest absolute Gasteiger partial charge is 0.272 e. The van der Waals surface area contributed by atoms with E-state index in [1.807, 2.05) is 48.5 Å². The van der Waals surface area contributed by atoms with Crippen LogP contribution in [0.1, 0.15) is 21.5 Å². The number of hydrogen-bond acceptors (Lipinski definition) is 5. The summed E-state index contributed by atoms with van der Waals surface area (Å²) < 4.78 is 11.3. The molecule has 1 amide bonds. The van der Waals surface area contributed by atoms with E-state index in [1.165, 1.54) is 12.4 Å². The topological polar surface area (TPSA) is 72.8 Å². The van der Waals surface area contributed by atoms with Gasteiger partial charge in [-0.2, -0.15) is 5.10 Å². The molecule has 2 aromatic carbocycles. The predicted octanol–water partition coefficient (Wildman–Crippen LogP) is 3.43. The molecule has 1 heterocycles. The number of amides is 1. The van der Waals surface area contributed by atoms with Gasteiger partial charge in [0.25, 0.3) is 5.91 Å². The highest BCUT2D eigenvalue weighted by atomic mass is 16.5. The molecule has 0 radical (unpaired) electrons. The van der Waals surface area contributed by atoms with Crippen molar-refractivity contribution in [1.29, 1.82) is 0 Å². The van der Waals surface area contributed by atoms with E-state index in [9.17, 15) is 4.79 Å². The first-order valence-electron chi connectivity index (χ1n) is 8.35. The van der Waals surface area contributed by atoms with Crippen molar-refractivity contribution >= 4 is 12.1 Å². The molecule has 136 valence electrons. The minimum absolute atomic E-state index is 0.339. The third-order valence-corrected chi connectivity index (χ3v) is 3.75. The lowest BCUT2D eigenvalue weighted by molar-refractivity contribution is 0.0954. The van der Waals surface area contributed by atoms with Crippen molar-refractivity contribution in [3.05, 3.63) is 89.7 Å². The number of rotatable bonds is 7. The molecule has 27 heavy (non-hydrogen) atoms. The first-order chi connectivity index (χ1) is 13.3. The Morgan fingerprint density at radius 1 is 1.11 bits per heavy atom.